The van der Waals surface area contributed by atoms with Gasteiger partial charge in [-0.3, -0.25) is 9.59 Å². The minimum absolute atomic E-state index is 0.00350. The summed E-state index contributed by atoms with van der Waals surface area (Å²) in [5, 5.41) is 3.59. The van der Waals surface area contributed by atoms with Gasteiger partial charge in [-0.25, -0.2) is 0 Å². The molecule has 1 aliphatic carbocycles. The van der Waals surface area contributed by atoms with Crippen LogP contribution in [-0.2, 0) is 9.59 Å². The summed E-state index contributed by atoms with van der Waals surface area (Å²) in [6.07, 6.45) is 3.57. The highest BCUT2D eigenvalue weighted by atomic mass is 35.5. The predicted molar refractivity (Wildman–Crippen MR) is 92.0 cm³/mol. The van der Waals surface area contributed by atoms with Gasteiger partial charge in [0.15, 0.2) is 0 Å². The number of carbonyl (C=O) groups excluding carboxylic acids is 2. The van der Waals surface area contributed by atoms with Gasteiger partial charge in [0.05, 0.1) is 6.54 Å². The molecule has 24 heavy (non-hydrogen) atoms. The van der Waals surface area contributed by atoms with Crippen molar-refractivity contribution in [2.45, 2.75) is 25.7 Å². The van der Waals surface area contributed by atoms with Crippen molar-refractivity contribution in [2.24, 2.45) is 11.8 Å². The van der Waals surface area contributed by atoms with Crippen LogP contribution >= 0.6 is 11.6 Å². The molecule has 1 aromatic carbocycles. The molecule has 2 amide bonds. The zero-order chi connectivity index (χ0) is 16.9. The molecule has 0 bridgehead atoms. The van der Waals surface area contributed by atoms with E-state index in [1.807, 2.05) is 4.90 Å². The maximum absolute atomic E-state index is 12.2. The van der Waals surface area contributed by atoms with Crippen LogP contribution in [0.25, 0.3) is 0 Å². The minimum Gasteiger partial charge on any atom is -0.492 e. The van der Waals surface area contributed by atoms with Crippen LogP contribution in [0, 0.1) is 11.8 Å². The minimum atomic E-state index is 0.00350. The van der Waals surface area contributed by atoms with Gasteiger partial charge < -0.3 is 15.0 Å². The molecular weight excluding hydrogens is 328 g/mol. The Morgan fingerprint density at radius 2 is 1.75 bits per heavy atom. The molecule has 5 nitrogen and oxygen atoms in total. The first-order valence-electron chi connectivity index (χ1n) is 8.58. The first-order valence-corrected chi connectivity index (χ1v) is 8.96. The number of likely N-dealkylation sites (tertiary alicyclic amines) is 1. The van der Waals surface area contributed by atoms with Crippen molar-refractivity contribution in [3.63, 3.8) is 0 Å². The Bertz CT molecular complexity index is 578. The van der Waals surface area contributed by atoms with Crippen molar-refractivity contribution in [1.82, 2.24) is 10.2 Å². The summed E-state index contributed by atoms with van der Waals surface area (Å²) in [6, 6.07) is 7.14. The molecule has 130 valence electrons. The molecule has 2 aliphatic rings. The maximum Gasteiger partial charge on any atom is 0.225 e. The van der Waals surface area contributed by atoms with E-state index in [1.165, 1.54) is 0 Å². The quantitative estimate of drug-likeness (QED) is 0.802. The van der Waals surface area contributed by atoms with Crippen molar-refractivity contribution >= 4 is 23.4 Å². The van der Waals surface area contributed by atoms with Crippen molar-refractivity contribution in [2.75, 3.05) is 26.2 Å². The molecule has 0 aromatic heterocycles. The van der Waals surface area contributed by atoms with Gasteiger partial charge in [-0.15, -0.1) is 0 Å². The third-order valence-corrected chi connectivity index (χ3v) is 4.84. The summed E-state index contributed by atoms with van der Waals surface area (Å²) < 4.78 is 5.55. The third-order valence-electron chi connectivity index (χ3n) is 4.59. The average Bonchev–Trinajstić information content (AvgIpc) is 3.45. The van der Waals surface area contributed by atoms with Crippen LogP contribution in [-0.4, -0.2) is 43.0 Å². The van der Waals surface area contributed by atoms with Crippen LogP contribution in [0.15, 0.2) is 24.3 Å². The Kier molecular flexibility index (Phi) is 5.61. The molecule has 2 fully saturated rings. The molecule has 0 radical (unpaired) electrons. The Hall–Kier alpha value is -1.75. The molecule has 1 aliphatic heterocycles. The van der Waals surface area contributed by atoms with Gasteiger partial charge in [0.25, 0.3) is 0 Å². The van der Waals surface area contributed by atoms with E-state index < -0.39 is 0 Å². The maximum atomic E-state index is 12.2. The second-order valence-corrected chi connectivity index (χ2v) is 6.90. The topological polar surface area (TPSA) is 58.6 Å². The SMILES string of the molecule is O=C(NCCOc1ccc(Cl)cc1)C1CCN(C(=O)C2CC2)CC1. The number of nitrogens with one attached hydrogen (secondary N) is 1. The monoisotopic (exact) mass is 350 g/mol. The van der Waals surface area contributed by atoms with E-state index in [2.05, 4.69) is 5.32 Å². The third kappa shape index (κ3) is 4.63. The van der Waals surface area contributed by atoms with Crippen LogP contribution < -0.4 is 10.1 Å². The summed E-state index contributed by atoms with van der Waals surface area (Å²) in [7, 11) is 0. The lowest BCUT2D eigenvalue weighted by atomic mass is 9.95. The number of nitrogens with zero attached hydrogens (tertiary/aromatic N) is 1. The number of hydrogen-bond acceptors (Lipinski definition) is 3. The molecule has 1 aromatic rings. The summed E-state index contributed by atoms with van der Waals surface area (Å²) in [5.74, 6) is 1.35. The molecule has 1 N–H and O–H groups in total. The standard InChI is InChI=1S/C18H23ClN2O3/c19-15-3-5-16(6-4-15)24-12-9-20-17(22)13-7-10-21(11-8-13)18(23)14-1-2-14/h3-6,13-14H,1-2,7-12H2,(H,20,22). The number of rotatable bonds is 6. The average molecular weight is 351 g/mol. The van der Waals surface area contributed by atoms with Crippen LogP contribution in [0.5, 0.6) is 5.75 Å². The number of amides is 2. The Balaban J connectivity index is 1.32. The molecule has 0 spiro atoms. The molecule has 6 heteroatoms. The molecule has 0 unspecified atom stereocenters. The van der Waals surface area contributed by atoms with Gasteiger partial charge in [0.2, 0.25) is 11.8 Å². The molecule has 3 rings (SSSR count). The lowest BCUT2D eigenvalue weighted by Gasteiger charge is -2.31. The van der Waals surface area contributed by atoms with Crippen molar-refractivity contribution in [3.8, 4) is 5.75 Å². The van der Waals surface area contributed by atoms with Crippen molar-refractivity contribution in [3.05, 3.63) is 29.3 Å². The number of carbonyl (C=O) groups is 2. The summed E-state index contributed by atoms with van der Waals surface area (Å²) in [6.45, 7) is 2.30. The Labute approximate surface area is 147 Å². The fraction of sp³-hybridized carbons (Fsp3) is 0.556. The van der Waals surface area contributed by atoms with E-state index >= 15 is 0 Å². The number of hydrogen-bond donors (Lipinski definition) is 1. The lowest BCUT2D eigenvalue weighted by molar-refractivity contribution is -0.136. The fourth-order valence-electron chi connectivity index (χ4n) is 2.97. The van der Waals surface area contributed by atoms with E-state index in [4.69, 9.17) is 16.3 Å². The van der Waals surface area contributed by atoms with Gasteiger partial charge in [-0.1, -0.05) is 11.6 Å². The lowest BCUT2D eigenvalue weighted by Crippen LogP contribution is -2.44. The molecule has 1 saturated carbocycles. The zero-order valence-corrected chi connectivity index (χ0v) is 14.4. The number of halogens is 1. The first-order chi connectivity index (χ1) is 11.6. The van der Waals surface area contributed by atoms with Crippen molar-refractivity contribution < 1.29 is 14.3 Å². The summed E-state index contributed by atoms with van der Waals surface area (Å²) in [4.78, 5) is 26.1. The van der Waals surface area contributed by atoms with E-state index in [9.17, 15) is 9.59 Å². The van der Waals surface area contributed by atoms with Crippen LogP contribution in [0.4, 0.5) is 0 Å². The highest BCUT2D eigenvalue weighted by Crippen LogP contribution is 2.32. The normalized spacial score (nSPS) is 18.3. The van der Waals surface area contributed by atoms with Gasteiger partial charge in [0.1, 0.15) is 12.4 Å². The summed E-state index contributed by atoms with van der Waals surface area (Å²) in [5.41, 5.74) is 0. The van der Waals surface area contributed by atoms with E-state index in [0.29, 0.717) is 31.3 Å². The number of piperidine rings is 1. The van der Waals surface area contributed by atoms with Gasteiger partial charge in [0, 0.05) is 29.9 Å². The van der Waals surface area contributed by atoms with Gasteiger partial charge in [-0.2, -0.15) is 0 Å². The van der Waals surface area contributed by atoms with Crippen LogP contribution in [0.3, 0.4) is 0 Å². The predicted octanol–water partition coefficient (Wildman–Crippen LogP) is 2.48. The molecule has 1 saturated heterocycles. The van der Waals surface area contributed by atoms with Crippen LogP contribution in [0.2, 0.25) is 5.02 Å². The molecule has 0 atom stereocenters. The highest BCUT2D eigenvalue weighted by molar-refractivity contribution is 6.30. The fourth-order valence-corrected chi connectivity index (χ4v) is 3.09. The van der Waals surface area contributed by atoms with E-state index in [-0.39, 0.29) is 23.7 Å². The van der Waals surface area contributed by atoms with Gasteiger partial charge >= 0.3 is 0 Å². The second-order valence-electron chi connectivity index (χ2n) is 6.47. The molecule has 1 heterocycles. The number of benzene rings is 1. The van der Waals surface area contributed by atoms with Crippen LogP contribution in [0.1, 0.15) is 25.7 Å². The van der Waals surface area contributed by atoms with Gasteiger partial charge in [-0.05, 0) is 49.9 Å². The summed E-state index contributed by atoms with van der Waals surface area (Å²) >= 11 is 5.81. The van der Waals surface area contributed by atoms with E-state index in [1.54, 1.807) is 24.3 Å². The van der Waals surface area contributed by atoms with E-state index in [0.717, 1.165) is 31.4 Å². The Morgan fingerprint density at radius 3 is 2.38 bits per heavy atom. The van der Waals surface area contributed by atoms with Crippen molar-refractivity contribution in [1.29, 1.82) is 0 Å². The first kappa shape index (κ1) is 17.1. The Morgan fingerprint density at radius 1 is 1.08 bits per heavy atom. The molecular formula is C18H23ClN2O3. The second kappa shape index (κ2) is 7.88. The zero-order valence-electron chi connectivity index (χ0n) is 13.7. The highest BCUT2D eigenvalue weighted by Gasteiger charge is 2.35. The largest absolute Gasteiger partial charge is 0.492 e. The smallest absolute Gasteiger partial charge is 0.225 e. The number of ether oxygens (including phenoxy) is 1.